The minimum Gasteiger partial charge on any atom is -0.481 e. The van der Waals surface area contributed by atoms with Crippen molar-refractivity contribution in [2.24, 2.45) is 0 Å². The summed E-state index contributed by atoms with van der Waals surface area (Å²) in [5.74, 6) is 0.292. The Kier molecular flexibility index (Phi) is 6.87. The highest BCUT2D eigenvalue weighted by Crippen LogP contribution is 2.26. The summed E-state index contributed by atoms with van der Waals surface area (Å²) in [5, 5.41) is 3.20. The summed E-state index contributed by atoms with van der Waals surface area (Å²) in [6, 6.07) is 18.3. The molecule has 3 aromatic rings. The van der Waals surface area contributed by atoms with Gasteiger partial charge in [0.05, 0.1) is 10.6 Å². The molecule has 3 rings (SSSR count). The van der Waals surface area contributed by atoms with E-state index in [9.17, 15) is 13.2 Å². The minimum atomic E-state index is -3.81. The summed E-state index contributed by atoms with van der Waals surface area (Å²) in [6.07, 6.45) is -0.725. The molecule has 3 aromatic carbocycles. The van der Waals surface area contributed by atoms with Crippen molar-refractivity contribution >= 4 is 38.9 Å². The van der Waals surface area contributed by atoms with Crippen molar-refractivity contribution in [3.63, 3.8) is 0 Å². The summed E-state index contributed by atoms with van der Waals surface area (Å²) in [5.41, 5.74) is 2.44. The van der Waals surface area contributed by atoms with Crippen LogP contribution in [0.2, 0.25) is 5.02 Å². The van der Waals surface area contributed by atoms with Crippen LogP contribution in [-0.4, -0.2) is 20.4 Å². The number of benzene rings is 3. The van der Waals surface area contributed by atoms with Gasteiger partial charge in [-0.1, -0.05) is 35.9 Å². The fraction of sp³-hybridized carbons (Fsp3) is 0.174. The van der Waals surface area contributed by atoms with Crippen molar-refractivity contribution in [3.8, 4) is 5.75 Å². The average Bonchev–Trinajstić information content (AvgIpc) is 2.73. The Morgan fingerprint density at radius 2 is 1.65 bits per heavy atom. The predicted molar refractivity (Wildman–Crippen MR) is 123 cm³/mol. The van der Waals surface area contributed by atoms with Crippen LogP contribution in [0.15, 0.2) is 71.6 Å². The second-order valence-electron chi connectivity index (χ2n) is 7.06. The lowest BCUT2D eigenvalue weighted by molar-refractivity contribution is -0.122. The van der Waals surface area contributed by atoms with E-state index < -0.39 is 16.1 Å². The fourth-order valence-electron chi connectivity index (χ4n) is 2.82. The van der Waals surface area contributed by atoms with Crippen LogP contribution in [0.3, 0.4) is 0 Å². The number of sulfonamides is 1. The number of para-hydroxylation sites is 1. The number of aryl methyl sites for hydroxylation is 1. The van der Waals surface area contributed by atoms with Gasteiger partial charge in [-0.05, 0) is 74.4 Å². The molecule has 0 aliphatic heterocycles. The van der Waals surface area contributed by atoms with E-state index >= 15 is 0 Å². The van der Waals surface area contributed by atoms with Crippen molar-refractivity contribution in [2.75, 3.05) is 10.0 Å². The number of amides is 1. The van der Waals surface area contributed by atoms with Gasteiger partial charge in [0.25, 0.3) is 15.9 Å². The molecule has 162 valence electrons. The first-order valence-electron chi connectivity index (χ1n) is 9.58. The molecule has 0 fully saturated rings. The topological polar surface area (TPSA) is 84.5 Å². The van der Waals surface area contributed by atoms with Gasteiger partial charge in [0, 0.05) is 10.7 Å². The van der Waals surface area contributed by atoms with Gasteiger partial charge in [0.1, 0.15) is 5.75 Å². The smallest absolute Gasteiger partial charge is 0.265 e. The molecule has 1 atom stereocenters. The number of anilines is 2. The molecular formula is C23H23ClN2O4S. The van der Waals surface area contributed by atoms with Crippen molar-refractivity contribution in [3.05, 3.63) is 82.9 Å². The van der Waals surface area contributed by atoms with Crippen LogP contribution >= 0.6 is 11.6 Å². The molecule has 2 N–H and O–H groups in total. The van der Waals surface area contributed by atoms with Crippen molar-refractivity contribution in [1.29, 1.82) is 0 Å². The molecule has 0 radical (unpaired) electrons. The van der Waals surface area contributed by atoms with Crippen LogP contribution in [-0.2, 0) is 14.8 Å². The number of hydrogen-bond acceptors (Lipinski definition) is 4. The normalized spacial score (nSPS) is 12.1. The van der Waals surface area contributed by atoms with Gasteiger partial charge >= 0.3 is 0 Å². The molecular weight excluding hydrogens is 436 g/mol. The third-order valence-corrected chi connectivity index (χ3v) is 6.50. The highest BCUT2D eigenvalue weighted by atomic mass is 35.5. The van der Waals surface area contributed by atoms with Crippen LogP contribution in [0.25, 0.3) is 0 Å². The number of hydrogen-bond donors (Lipinski definition) is 2. The SMILES string of the molecule is Cc1ccccc1O[C@H](C)C(=O)Nc1ccc(S(=O)(=O)Nc2cccc(Cl)c2C)cc1. The summed E-state index contributed by atoms with van der Waals surface area (Å²) >= 11 is 6.06. The summed E-state index contributed by atoms with van der Waals surface area (Å²) < 4.78 is 33.6. The number of carbonyl (C=O) groups is 1. The molecule has 0 saturated carbocycles. The third kappa shape index (κ3) is 5.57. The first-order valence-corrected chi connectivity index (χ1v) is 11.4. The zero-order valence-electron chi connectivity index (χ0n) is 17.3. The van der Waals surface area contributed by atoms with Crippen molar-refractivity contribution < 1.29 is 17.9 Å². The van der Waals surface area contributed by atoms with E-state index in [1.165, 1.54) is 24.3 Å². The quantitative estimate of drug-likeness (QED) is 0.512. The minimum absolute atomic E-state index is 0.0640. The lowest BCUT2D eigenvalue weighted by atomic mass is 10.2. The summed E-state index contributed by atoms with van der Waals surface area (Å²) in [7, 11) is -3.81. The van der Waals surface area contributed by atoms with E-state index in [0.29, 0.717) is 27.7 Å². The molecule has 0 bridgehead atoms. The molecule has 6 nitrogen and oxygen atoms in total. The maximum absolute atomic E-state index is 12.7. The van der Waals surface area contributed by atoms with E-state index in [2.05, 4.69) is 10.0 Å². The highest BCUT2D eigenvalue weighted by Gasteiger charge is 2.18. The Labute approximate surface area is 187 Å². The molecule has 0 aliphatic rings. The number of carbonyl (C=O) groups excluding carboxylic acids is 1. The number of halogens is 1. The predicted octanol–water partition coefficient (Wildman–Crippen LogP) is 5.16. The van der Waals surface area contributed by atoms with E-state index in [0.717, 1.165) is 5.56 Å². The van der Waals surface area contributed by atoms with Crippen LogP contribution in [0, 0.1) is 13.8 Å². The van der Waals surface area contributed by atoms with E-state index in [-0.39, 0.29) is 10.8 Å². The Hall–Kier alpha value is -3.03. The number of rotatable bonds is 7. The van der Waals surface area contributed by atoms with Gasteiger partial charge in [-0.3, -0.25) is 9.52 Å². The average molecular weight is 459 g/mol. The van der Waals surface area contributed by atoms with E-state index in [4.69, 9.17) is 16.3 Å². The lowest BCUT2D eigenvalue weighted by Gasteiger charge is -2.16. The molecule has 0 unspecified atom stereocenters. The Balaban J connectivity index is 1.67. The molecule has 0 saturated heterocycles. The van der Waals surface area contributed by atoms with Gasteiger partial charge in [0.2, 0.25) is 0 Å². The zero-order valence-corrected chi connectivity index (χ0v) is 18.9. The lowest BCUT2D eigenvalue weighted by Crippen LogP contribution is -2.30. The highest BCUT2D eigenvalue weighted by molar-refractivity contribution is 7.92. The fourth-order valence-corrected chi connectivity index (χ4v) is 4.11. The van der Waals surface area contributed by atoms with Crippen molar-refractivity contribution in [2.45, 2.75) is 31.8 Å². The second-order valence-corrected chi connectivity index (χ2v) is 9.15. The Morgan fingerprint density at radius 1 is 0.968 bits per heavy atom. The van der Waals surface area contributed by atoms with Crippen LogP contribution < -0.4 is 14.8 Å². The maximum atomic E-state index is 12.7. The molecule has 0 spiro atoms. The number of ether oxygens (including phenoxy) is 1. The number of nitrogens with one attached hydrogen (secondary N) is 2. The molecule has 31 heavy (non-hydrogen) atoms. The van der Waals surface area contributed by atoms with Crippen LogP contribution in [0.5, 0.6) is 5.75 Å². The largest absolute Gasteiger partial charge is 0.481 e. The molecule has 0 aromatic heterocycles. The first-order chi connectivity index (χ1) is 14.7. The standard InChI is InChI=1S/C23H23ClN2O4S/c1-15-7-4-5-10-22(15)30-17(3)23(27)25-18-11-13-19(14-12-18)31(28,29)26-21-9-6-8-20(24)16(21)2/h4-14,17,26H,1-3H3,(H,25,27)/t17-/m1/s1. The molecule has 0 heterocycles. The monoisotopic (exact) mass is 458 g/mol. The van der Waals surface area contributed by atoms with Crippen LogP contribution in [0.4, 0.5) is 11.4 Å². The van der Waals surface area contributed by atoms with Gasteiger partial charge in [-0.25, -0.2) is 8.42 Å². The van der Waals surface area contributed by atoms with Crippen LogP contribution in [0.1, 0.15) is 18.1 Å². The third-order valence-electron chi connectivity index (χ3n) is 4.71. The summed E-state index contributed by atoms with van der Waals surface area (Å²) in [6.45, 7) is 5.29. The first kappa shape index (κ1) is 22.7. The molecule has 8 heteroatoms. The van der Waals surface area contributed by atoms with Crippen molar-refractivity contribution in [1.82, 2.24) is 0 Å². The summed E-state index contributed by atoms with van der Waals surface area (Å²) in [4.78, 5) is 12.5. The zero-order chi connectivity index (χ0) is 22.6. The van der Waals surface area contributed by atoms with Gasteiger partial charge in [0.15, 0.2) is 6.10 Å². The van der Waals surface area contributed by atoms with Gasteiger partial charge in [-0.15, -0.1) is 0 Å². The van der Waals surface area contributed by atoms with E-state index in [1.54, 1.807) is 38.1 Å². The molecule has 1 amide bonds. The molecule has 0 aliphatic carbocycles. The maximum Gasteiger partial charge on any atom is 0.265 e. The van der Waals surface area contributed by atoms with Gasteiger partial charge < -0.3 is 10.1 Å². The second kappa shape index (κ2) is 9.41. The Bertz CT molecular complexity index is 1190. The Morgan fingerprint density at radius 3 is 2.32 bits per heavy atom. The van der Waals surface area contributed by atoms with E-state index in [1.807, 2.05) is 25.1 Å². The van der Waals surface area contributed by atoms with Gasteiger partial charge in [-0.2, -0.15) is 0 Å².